The van der Waals surface area contributed by atoms with Crippen LogP contribution >= 0.6 is 0 Å². The van der Waals surface area contributed by atoms with Crippen LogP contribution in [0.5, 0.6) is 0 Å². The van der Waals surface area contributed by atoms with E-state index >= 15 is 0 Å². The van der Waals surface area contributed by atoms with Gasteiger partial charge in [-0.1, -0.05) is 58.8 Å². The summed E-state index contributed by atoms with van der Waals surface area (Å²) >= 11 is 0. The number of hydrazine groups is 1. The molecule has 21 heavy (non-hydrogen) atoms. The molecular weight excluding hydrogens is 260 g/mol. The van der Waals surface area contributed by atoms with Gasteiger partial charge in [0.05, 0.1) is 11.8 Å². The van der Waals surface area contributed by atoms with Crippen molar-refractivity contribution in [2.24, 2.45) is 0 Å². The lowest BCUT2D eigenvalue weighted by atomic mass is 9.87. The highest BCUT2D eigenvalue weighted by molar-refractivity contribution is 5.01. The lowest BCUT2D eigenvalue weighted by Crippen LogP contribution is -2.49. The molecule has 0 aromatic heterocycles. The second-order valence-corrected chi connectivity index (χ2v) is 6.04. The minimum Gasteiger partial charge on any atom is -0.516 e. The molecule has 0 rings (SSSR count). The summed E-state index contributed by atoms with van der Waals surface area (Å²) in [6, 6.07) is 0. The number of allylic oxidation sites excluding steroid dienone is 2. The van der Waals surface area contributed by atoms with Crippen molar-refractivity contribution in [1.82, 2.24) is 10.4 Å². The zero-order chi connectivity index (χ0) is 16.0. The average molecular weight is 296 g/mol. The summed E-state index contributed by atoms with van der Waals surface area (Å²) in [5, 5.41) is 11.0. The first kappa shape index (κ1) is 20.0. The van der Waals surface area contributed by atoms with Crippen molar-refractivity contribution in [1.29, 1.82) is 0 Å². The van der Waals surface area contributed by atoms with Crippen LogP contribution in [-0.4, -0.2) is 22.7 Å². The van der Waals surface area contributed by atoms with Gasteiger partial charge in [-0.15, -0.1) is 0 Å². The number of aliphatic hydroxyl groups is 1. The predicted molar refractivity (Wildman–Crippen MR) is 93.1 cm³/mol. The van der Waals surface area contributed by atoms with E-state index in [-0.39, 0.29) is 5.54 Å². The molecule has 0 aromatic carbocycles. The number of rotatable bonds is 13. The Labute approximate surface area is 132 Å². The zero-order valence-electron chi connectivity index (χ0n) is 14.6. The maximum absolute atomic E-state index is 8.76. The third-order valence-corrected chi connectivity index (χ3v) is 4.14. The number of hydrogen-bond acceptors (Lipinski definition) is 3. The molecule has 3 heteroatoms. The lowest BCUT2D eigenvalue weighted by molar-refractivity contribution is 0.0907. The molecule has 1 atom stereocenters. The maximum atomic E-state index is 8.76. The van der Waals surface area contributed by atoms with Gasteiger partial charge in [-0.25, -0.2) is 5.43 Å². The first-order valence-corrected chi connectivity index (χ1v) is 8.58. The van der Waals surface area contributed by atoms with E-state index in [1.54, 1.807) is 6.08 Å². The largest absolute Gasteiger partial charge is 0.516 e. The van der Waals surface area contributed by atoms with E-state index in [2.05, 4.69) is 31.2 Å². The van der Waals surface area contributed by atoms with E-state index in [0.717, 1.165) is 6.26 Å². The zero-order valence-corrected chi connectivity index (χ0v) is 14.6. The molecule has 0 spiro atoms. The highest BCUT2D eigenvalue weighted by Gasteiger charge is 2.28. The van der Waals surface area contributed by atoms with E-state index in [1.165, 1.54) is 57.8 Å². The number of aliphatic hydroxyl groups excluding tert-OH is 1. The normalized spacial score (nSPS) is 14.9. The van der Waals surface area contributed by atoms with Gasteiger partial charge in [-0.3, -0.25) is 0 Å². The lowest BCUT2D eigenvalue weighted by Gasteiger charge is -2.41. The van der Waals surface area contributed by atoms with Crippen molar-refractivity contribution in [2.45, 2.75) is 84.1 Å². The topological polar surface area (TPSA) is 35.5 Å². The van der Waals surface area contributed by atoms with E-state index in [0.29, 0.717) is 0 Å². The summed E-state index contributed by atoms with van der Waals surface area (Å²) in [5.74, 6) is 0. The molecule has 0 aliphatic heterocycles. The molecule has 0 radical (unpaired) electrons. The van der Waals surface area contributed by atoms with Gasteiger partial charge in [0.15, 0.2) is 0 Å². The van der Waals surface area contributed by atoms with Crippen LogP contribution < -0.4 is 5.43 Å². The first-order chi connectivity index (χ1) is 10.1. The second-order valence-electron chi connectivity index (χ2n) is 6.04. The smallest absolute Gasteiger partial charge is 0.0792 e. The summed E-state index contributed by atoms with van der Waals surface area (Å²) in [6.07, 6.45) is 18.0. The maximum Gasteiger partial charge on any atom is 0.0792 e. The molecule has 0 aliphatic carbocycles. The van der Waals surface area contributed by atoms with E-state index < -0.39 is 0 Å². The van der Waals surface area contributed by atoms with Crippen LogP contribution in [0, 0.1) is 0 Å². The fourth-order valence-corrected chi connectivity index (χ4v) is 2.76. The second kappa shape index (κ2) is 12.8. The molecule has 0 amide bonds. The molecule has 124 valence electrons. The molecule has 0 aliphatic rings. The molecule has 1 unspecified atom stereocenters. The Bertz CT molecular complexity index is 289. The van der Waals surface area contributed by atoms with Crippen LogP contribution in [0.3, 0.4) is 0 Å². The molecule has 0 aromatic rings. The van der Waals surface area contributed by atoms with Crippen molar-refractivity contribution in [3.05, 3.63) is 24.6 Å². The van der Waals surface area contributed by atoms with E-state index in [1.807, 2.05) is 19.3 Å². The summed E-state index contributed by atoms with van der Waals surface area (Å²) in [5.41, 5.74) is 3.44. The van der Waals surface area contributed by atoms with Gasteiger partial charge in [-0.05, 0) is 31.9 Å². The Morgan fingerprint density at radius 2 is 1.52 bits per heavy atom. The fourth-order valence-electron chi connectivity index (χ4n) is 2.76. The van der Waals surface area contributed by atoms with Gasteiger partial charge in [0.25, 0.3) is 0 Å². The van der Waals surface area contributed by atoms with Crippen molar-refractivity contribution in [3.63, 3.8) is 0 Å². The minimum atomic E-state index is 0.136. The van der Waals surface area contributed by atoms with Crippen LogP contribution in [0.4, 0.5) is 0 Å². The highest BCUT2D eigenvalue weighted by Crippen LogP contribution is 2.28. The van der Waals surface area contributed by atoms with Gasteiger partial charge < -0.3 is 10.1 Å². The van der Waals surface area contributed by atoms with Gasteiger partial charge >= 0.3 is 0 Å². The van der Waals surface area contributed by atoms with Crippen LogP contribution in [0.1, 0.15) is 78.6 Å². The Hall–Kier alpha value is -0.960. The summed E-state index contributed by atoms with van der Waals surface area (Å²) in [7, 11) is 1.97. The van der Waals surface area contributed by atoms with Crippen LogP contribution in [0.15, 0.2) is 24.6 Å². The molecule has 0 fully saturated rings. The third-order valence-electron chi connectivity index (χ3n) is 4.14. The molecule has 3 nitrogen and oxygen atoms in total. The highest BCUT2D eigenvalue weighted by atomic mass is 16.2. The molecule has 0 saturated heterocycles. The summed E-state index contributed by atoms with van der Waals surface area (Å²) in [4.78, 5) is 0. The predicted octanol–water partition coefficient (Wildman–Crippen LogP) is 5.32. The Morgan fingerprint density at radius 1 is 0.952 bits per heavy atom. The monoisotopic (exact) mass is 296 g/mol. The molecule has 0 heterocycles. The summed E-state index contributed by atoms with van der Waals surface area (Å²) in [6.45, 7) is 6.85. The molecule has 2 N–H and O–H groups in total. The molecule has 0 bridgehead atoms. The van der Waals surface area contributed by atoms with Gasteiger partial charge in [0, 0.05) is 13.2 Å². The van der Waals surface area contributed by atoms with Gasteiger partial charge in [0.1, 0.15) is 0 Å². The van der Waals surface area contributed by atoms with E-state index in [9.17, 15) is 0 Å². The number of unbranched alkanes of at least 4 members (excludes halogenated alkanes) is 5. The molecule has 0 saturated carbocycles. The fraction of sp³-hybridized carbons (Fsp3) is 0.778. The van der Waals surface area contributed by atoms with Crippen molar-refractivity contribution < 1.29 is 5.11 Å². The van der Waals surface area contributed by atoms with Crippen molar-refractivity contribution in [3.8, 4) is 0 Å². The Balaban J connectivity index is 4.70. The van der Waals surface area contributed by atoms with Crippen LogP contribution in [0.2, 0.25) is 0 Å². The third kappa shape index (κ3) is 8.82. The standard InChI is InChI=1S/C18H36N2O/c1-5-7-9-11-15-18(3,14-10-8-6-2)20(19-4)16-12-13-17-21/h12-13,16-17,19,21H,5-11,14-15H2,1-4H3/b16-12-,17-13-. The quantitative estimate of drug-likeness (QED) is 0.209. The number of nitrogens with zero attached hydrogens (tertiary/aromatic N) is 1. The van der Waals surface area contributed by atoms with E-state index in [4.69, 9.17) is 5.11 Å². The minimum absolute atomic E-state index is 0.136. The average Bonchev–Trinajstić information content (AvgIpc) is 2.48. The van der Waals surface area contributed by atoms with Crippen LogP contribution in [-0.2, 0) is 0 Å². The number of nitrogens with one attached hydrogen (secondary N) is 1. The van der Waals surface area contributed by atoms with Crippen molar-refractivity contribution >= 4 is 0 Å². The van der Waals surface area contributed by atoms with Gasteiger partial charge in [0.2, 0.25) is 0 Å². The first-order valence-electron chi connectivity index (χ1n) is 8.58. The Kier molecular flexibility index (Phi) is 12.2. The van der Waals surface area contributed by atoms with Crippen molar-refractivity contribution in [2.75, 3.05) is 7.05 Å². The molecular formula is C18H36N2O. The Morgan fingerprint density at radius 3 is 2.05 bits per heavy atom. The van der Waals surface area contributed by atoms with Gasteiger partial charge in [-0.2, -0.15) is 0 Å². The SMILES string of the molecule is CCCCCCC(C)(CCCCC)N(/C=C\C=C/O)NC. The number of hydrogen-bond donors (Lipinski definition) is 2. The van der Waals surface area contributed by atoms with Crippen LogP contribution in [0.25, 0.3) is 0 Å². The summed E-state index contributed by atoms with van der Waals surface area (Å²) < 4.78 is 0.